The molecule has 4 aromatic rings. The first kappa shape index (κ1) is 24.4. The minimum absolute atomic E-state index is 0.0370. The van der Waals surface area contributed by atoms with Crippen LogP contribution in [0.2, 0.25) is 5.02 Å². The number of para-hydroxylation sites is 1. The predicted octanol–water partition coefficient (Wildman–Crippen LogP) is 4.82. The highest BCUT2D eigenvalue weighted by molar-refractivity contribution is 7.90. The third-order valence-corrected chi connectivity index (χ3v) is 8.39. The molecule has 2 heterocycles. The second-order valence-electron chi connectivity index (χ2n) is 8.99. The van der Waals surface area contributed by atoms with Gasteiger partial charge in [0.25, 0.3) is 5.91 Å². The molecule has 1 saturated heterocycles. The molecule has 0 N–H and O–H groups in total. The topological polar surface area (TPSA) is 70.6 Å². The molecule has 1 aromatic heterocycles. The molecule has 184 valence electrons. The van der Waals surface area contributed by atoms with Gasteiger partial charge in [0.1, 0.15) is 0 Å². The van der Waals surface area contributed by atoms with Crippen molar-refractivity contribution in [3.05, 3.63) is 107 Å². The standard InChI is InChI=1S/C28H26ClN3O3S/c29-25-7-1-4-22(18-25)19-31-14-16-32(17-15-31)28(33)24-11-9-21(10-12-24)20-36(34,35)26-8-2-5-23-6-3-13-30-27(23)26/h1-13,18H,14-17,19-20H2. The summed E-state index contributed by atoms with van der Waals surface area (Å²) >= 11 is 6.09. The third kappa shape index (κ3) is 5.43. The monoisotopic (exact) mass is 519 g/mol. The largest absolute Gasteiger partial charge is 0.336 e. The minimum Gasteiger partial charge on any atom is -0.336 e. The van der Waals surface area contributed by atoms with Crippen molar-refractivity contribution in [2.24, 2.45) is 0 Å². The van der Waals surface area contributed by atoms with Crippen molar-refractivity contribution in [2.75, 3.05) is 26.2 Å². The van der Waals surface area contributed by atoms with E-state index in [-0.39, 0.29) is 16.6 Å². The maximum atomic E-state index is 13.1. The number of fused-ring (bicyclic) bond motifs is 1. The lowest BCUT2D eigenvalue weighted by Gasteiger charge is -2.34. The number of halogens is 1. The van der Waals surface area contributed by atoms with E-state index in [1.165, 1.54) is 0 Å². The van der Waals surface area contributed by atoms with E-state index in [9.17, 15) is 13.2 Å². The Hall–Kier alpha value is -3.26. The number of sulfone groups is 1. The van der Waals surface area contributed by atoms with Crippen LogP contribution in [0.25, 0.3) is 10.9 Å². The Labute approximate surface area is 216 Å². The van der Waals surface area contributed by atoms with Crippen LogP contribution in [0.5, 0.6) is 0 Å². The van der Waals surface area contributed by atoms with E-state index >= 15 is 0 Å². The smallest absolute Gasteiger partial charge is 0.253 e. The third-order valence-electron chi connectivity index (χ3n) is 6.44. The van der Waals surface area contributed by atoms with E-state index in [0.717, 1.165) is 35.6 Å². The van der Waals surface area contributed by atoms with Gasteiger partial charge in [0.2, 0.25) is 0 Å². The van der Waals surface area contributed by atoms with Gasteiger partial charge in [-0.3, -0.25) is 14.7 Å². The summed E-state index contributed by atoms with van der Waals surface area (Å²) in [5.74, 6) is -0.190. The molecule has 0 unspecified atom stereocenters. The lowest BCUT2D eigenvalue weighted by molar-refractivity contribution is 0.0628. The van der Waals surface area contributed by atoms with Gasteiger partial charge in [-0.25, -0.2) is 8.42 Å². The zero-order chi connectivity index (χ0) is 25.1. The van der Waals surface area contributed by atoms with Crippen LogP contribution in [0.15, 0.2) is 90.0 Å². The fourth-order valence-corrected chi connectivity index (χ4v) is 6.30. The Balaban J connectivity index is 1.21. The van der Waals surface area contributed by atoms with Crippen LogP contribution in [0.1, 0.15) is 21.5 Å². The molecule has 5 rings (SSSR count). The van der Waals surface area contributed by atoms with E-state index in [1.54, 1.807) is 48.7 Å². The highest BCUT2D eigenvalue weighted by Crippen LogP contribution is 2.24. The molecule has 0 aliphatic carbocycles. The van der Waals surface area contributed by atoms with E-state index < -0.39 is 9.84 Å². The van der Waals surface area contributed by atoms with Gasteiger partial charge in [-0.05, 0) is 47.5 Å². The molecule has 1 fully saturated rings. The van der Waals surface area contributed by atoms with Gasteiger partial charge >= 0.3 is 0 Å². The Morgan fingerprint density at radius 2 is 1.58 bits per heavy atom. The molecular formula is C28H26ClN3O3S. The number of amides is 1. The summed E-state index contributed by atoms with van der Waals surface area (Å²) in [5.41, 5.74) is 2.82. The van der Waals surface area contributed by atoms with Crippen LogP contribution in [0.4, 0.5) is 0 Å². The molecule has 8 heteroatoms. The van der Waals surface area contributed by atoms with Crippen molar-refractivity contribution in [2.45, 2.75) is 17.2 Å². The molecule has 1 aliphatic heterocycles. The summed E-state index contributed by atoms with van der Waals surface area (Å²) in [6, 6.07) is 23.5. The van der Waals surface area contributed by atoms with Crippen molar-refractivity contribution in [3.63, 3.8) is 0 Å². The summed E-state index contributed by atoms with van der Waals surface area (Å²) < 4.78 is 26.3. The average Bonchev–Trinajstić information content (AvgIpc) is 2.89. The number of benzene rings is 3. The van der Waals surface area contributed by atoms with Gasteiger partial charge in [0, 0.05) is 54.9 Å². The average molecular weight is 520 g/mol. The first-order chi connectivity index (χ1) is 17.4. The van der Waals surface area contributed by atoms with Crippen LogP contribution in [-0.2, 0) is 22.1 Å². The van der Waals surface area contributed by atoms with Gasteiger partial charge in [-0.15, -0.1) is 0 Å². The van der Waals surface area contributed by atoms with Crippen molar-refractivity contribution in [1.29, 1.82) is 0 Å². The zero-order valence-electron chi connectivity index (χ0n) is 19.7. The molecule has 0 radical (unpaired) electrons. The van der Waals surface area contributed by atoms with Crippen LogP contribution in [-0.4, -0.2) is 55.3 Å². The molecule has 0 bridgehead atoms. The SMILES string of the molecule is O=C(c1ccc(CS(=O)(=O)c2cccc3cccnc23)cc1)N1CCN(Cc2cccc(Cl)c2)CC1. The van der Waals surface area contributed by atoms with Crippen LogP contribution >= 0.6 is 11.6 Å². The molecule has 6 nitrogen and oxygen atoms in total. The van der Waals surface area contributed by atoms with Crippen LogP contribution < -0.4 is 0 Å². The van der Waals surface area contributed by atoms with Gasteiger partial charge in [-0.2, -0.15) is 0 Å². The minimum atomic E-state index is -3.60. The first-order valence-corrected chi connectivity index (χ1v) is 13.8. The number of nitrogens with zero attached hydrogens (tertiary/aromatic N) is 3. The van der Waals surface area contributed by atoms with Gasteiger partial charge in [0.15, 0.2) is 9.84 Å². The Bertz CT molecular complexity index is 1490. The van der Waals surface area contributed by atoms with E-state index in [1.807, 2.05) is 35.2 Å². The maximum Gasteiger partial charge on any atom is 0.253 e. The van der Waals surface area contributed by atoms with Crippen molar-refractivity contribution >= 4 is 38.2 Å². The van der Waals surface area contributed by atoms with Crippen molar-refractivity contribution < 1.29 is 13.2 Å². The highest BCUT2D eigenvalue weighted by atomic mass is 35.5. The van der Waals surface area contributed by atoms with Gasteiger partial charge < -0.3 is 4.90 Å². The lowest BCUT2D eigenvalue weighted by atomic mass is 10.1. The number of piperazine rings is 1. The highest BCUT2D eigenvalue weighted by Gasteiger charge is 2.23. The zero-order valence-corrected chi connectivity index (χ0v) is 21.3. The molecule has 3 aromatic carbocycles. The summed E-state index contributed by atoms with van der Waals surface area (Å²) in [6.45, 7) is 3.66. The summed E-state index contributed by atoms with van der Waals surface area (Å²) in [7, 11) is -3.60. The Kier molecular flexibility index (Phi) is 7.05. The number of rotatable bonds is 6. The molecule has 0 saturated carbocycles. The fraction of sp³-hybridized carbons (Fsp3) is 0.214. The quantitative estimate of drug-likeness (QED) is 0.365. The van der Waals surface area contributed by atoms with Gasteiger partial charge in [-0.1, -0.05) is 54.1 Å². The molecule has 0 spiro atoms. The lowest BCUT2D eigenvalue weighted by Crippen LogP contribution is -2.48. The first-order valence-electron chi connectivity index (χ1n) is 11.8. The van der Waals surface area contributed by atoms with Crippen molar-refractivity contribution in [1.82, 2.24) is 14.8 Å². The molecular weight excluding hydrogens is 494 g/mol. The number of aromatic nitrogens is 1. The Morgan fingerprint density at radius 3 is 2.33 bits per heavy atom. The predicted molar refractivity (Wildman–Crippen MR) is 142 cm³/mol. The van der Waals surface area contributed by atoms with Crippen molar-refractivity contribution in [3.8, 4) is 0 Å². The maximum absolute atomic E-state index is 13.1. The molecule has 36 heavy (non-hydrogen) atoms. The molecule has 1 aliphatic rings. The number of carbonyl (C=O) groups excluding carboxylic acids is 1. The van der Waals surface area contributed by atoms with E-state index in [4.69, 9.17) is 11.6 Å². The van der Waals surface area contributed by atoms with E-state index in [0.29, 0.717) is 29.7 Å². The Morgan fingerprint density at radius 1 is 0.861 bits per heavy atom. The van der Waals surface area contributed by atoms with E-state index in [2.05, 4.69) is 16.0 Å². The normalized spacial score (nSPS) is 14.8. The number of carbonyl (C=O) groups is 1. The second kappa shape index (κ2) is 10.4. The van der Waals surface area contributed by atoms with Crippen LogP contribution in [0, 0.1) is 0 Å². The molecule has 0 atom stereocenters. The summed E-state index contributed by atoms with van der Waals surface area (Å²) in [6.07, 6.45) is 1.60. The number of hydrogen-bond acceptors (Lipinski definition) is 5. The molecule has 1 amide bonds. The summed E-state index contributed by atoms with van der Waals surface area (Å²) in [4.78, 5) is 21.7. The number of hydrogen-bond donors (Lipinski definition) is 0. The fourth-order valence-electron chi connectivity index (χ4n) is 4.55. The summed E-state index contributed by atoms with van der Waals surface area (Å²) in [5, 5.41) is 1.51. The second-order valence-corrected chi connectivity index (χ2v) is 11.4. The number of pyridine rings is 1. The van der Waals surface area contributed by atoms with Crippen LogP contribution in [0.3, 0.4) is 0 Å². The van der Waals surface area contributed by atoms with Gasteiger partial charge in [0.05, 0.1) is 16.2 Å².